The van der Waals surface area contributed by atoms with E-state index in [1.807, 2.05) is 49.1 Å². The van der Waals surface area contributed by atoms with Crippen LogP contribution in [-0.2, 0) is 20.8 Å². The van der Waals surface area contributed by atoms with Crippen LogP contribution in [0.4, 0.5) is 0 Å². The van der Waals surface area contributed by atoms with Gasteiger partial charge in [0.05, 0.1) is 5.57 Å². The molecule has 1 saturated carbocycles. The predicted octanol–water partition coefficient (Wildman–Crippen LogP) is 2.25. The van der Waals surface area contributed by atoms with E-state index in [0.717, 1.165) is 12.0 Å². The Kier molecular flexibility index (Phi) is 6.12. The lowest BCUT2D eigenvalue weighted by atomic mass is 9.74. The Hall–Kier alpha value is -2.43. The van der Waals surface area contributed by atoms with Gasteiger partial charge in [-0.3, -0.25) is 14.4 Å². The third-order valence-electron chi connectivity index (χ3n) is 4.37. The molecule has 0 aliphatic heterocycles. The van der Waals surface area contributed by atoms with Gasteiger partial charge in [-0.15, -0.1) is 0 Å². The van der Waals surface area contributed by atoms with Gasteiger partial charge in [0.2, 0.25) is 5.91 Å². The Balaban J connectivity index is 2.12. The highest BCUT2D eigenvalue weighted by Gasteiger charge is 2.35. The van der Waals surface area contributed by atoms with Crippen molar-refractivity contribution in [3.05, 3.63) is 47.7 Å². The van der Waals surface area contributed by atoms with Crippen LogP contribution < -0.4 is 5.73 Å². The maximum Gasteiger partial charge on any atom is 0.219 e. The number of rotatable bonds is 7. The zero-order valence-corrected chi connectivity index (χ0v) is 15.0. The molecule has 1 aromatic rings. The summed E-state index contributed by atoms with van der Waals surface area (Å²) in [6.07, 6.45) is 3.31. The molecule has 0 heterocycles. The zero-order valence-electron chi connectivity index (χ0n) is 15.0. The fraction of sp³-hybridized carbons (Fsp3) is 0.450. The lowest BCUT2D eigenvalue weighted by Crippen LogP contribution is -2.34. The smallest absolute Gasteiger partial charge is 0.219 e. The molecule has 1 aromatic carbocycles. The van der Waals surface area contributed by atoms with Gasteiger partial charge >= 0.3 is 0 Å². The summed E-state index contributed by atoms with van der Waals surface area (Å²) < 4.78 is 0. The van der Waals surface area contributed by atoms with Gasteiger partial charge in [0, 0.05) is 38.6 Å². The van der Waals surface area contributed by atoms with Crippen molar-refractivity contribution in [2.45, 2.75) is 39.5 Å². The maximum absolute atomic E-state index is 12.4. The zero-order chi connectivity index (χ0) is 18.4. The molecule has 0 aromatic heterocycles. The first kappa shape index (κ1) is 18.9. The van der Waals surface area contributed by atoms with E-state index in [4.69, 9.17) is 5.73 Å². The Morgan fingerprint density at radius 1 is 1.12 bits per heavy atom. The van der Waals surface area contributed by atoms with E-state index in [0.29, 0.717) is 25.9 Å². The molecule has 1 aliphatic carbocycles. The third kappa shape index (κ3) is 5.85. The third-order valence-corrected chi connectivity index (χ3v) is 4.37. The molecule has 0 unspecified atom stereocenters. The topological polar surface area (TPSA) is 80.5 Å². The molecule has 0 saturated heterocycles. The van der Waals surface area contributed by atoms with Gasteiger partial charge in [0.15, 0.2) is 11.6 Å². The first-order chi connectivity index (χ1) is 11.8. The lowest BCUT2D eigenvalue weighted by molar-refractivity contribution is -0.127. The largest absolute Gasteiger partial charge is 0.376 e. The molecule has 25 heavy (non-hydrogen) atoms. The summed E-state index contributed by atoms with van der Waals surface area (Å²) in [5.41, 5.74) is 6.37. The van der Waals surface area contributed by atoms with Crippen LogP contribution in [0.3, 0.4) is 0 Å². The van der Waals surface area contributed by atoms with Crippen molar-refractivity contribution < 1.29 is 14.4 Å². The standard InChI is InChI=1S/C20H26N2O3/c1-20(2)12-17(23)16(18(24)13-20)14-22(11-9-19(21)25)10-8-15-6-4-3-5-7-15/h3-7,14H,8-13H2,1-2H3,(H2,21,25). The summed E-state index contributed by atoms with van der Waals surface area (Å²) in [6.45, 7) is 4.88. The van der Waals surface area contributed by atoms with Crippen molar-refractivity contribution in [2.75, 3.05) is 13.1 Å². The number of nitrogens with zero attached hydrogens (tertiary/aromatic N) is 1. The molecule has 2 rings (SSSR count). The van der Waals surface area contributed by atoms with Gasteiger partial charge in [0.25, 0.3) is 0 Å². The van der Waals surface area contributed by atoms with Crippen LogP contribution in [0.25, 0.3) is 0 Å². The van der Waals surface area contributed by atoms with E-state index in [1.165, 1.54) is 0 Å². The molecular weight excluding hydrogens is 316 g/mol. The number of hydrogen-bond acceptors (Lipinski definition) is 4. The van der Waals surface area contributed by atoms with Crippen LogP contribution in [0.15, 0.2) is 42.1 Å². The highest BCUT2D eigenvalue weighted by atomic mass is 16.2. The normalized spacial score (nSPS) is 16.6. The number of amides is 1. The molecule has 1 aliphatic rings. The minimum atomic E-state index is -0.398. The number of carbonyl (C=O) groups excluding carboxylic acids is 3. The van der Waals surface area contributed by atoms with Gasteiger partial charge in [-0.2, -0.15) is 0 Å². The van der Waals surface area contributed by atoms with Gasteiger partial charge in [-0.05, 0) is 17.4 Å². The molecule has 5 nitrogen and oxygen atoms in total. The summed E-state index contributed by atoms with van der Waals surface area (Å²) >= 11 is 0. The average Bonchev–Trinajstić information content (AvgIpc) is 2.52. The monoisotopic (exact) mass is 342 g/mol. The summed E-state index contributed by atoms with van der Waals surface area (Å²) in [5.74, 6) is -0.638. The number of benzene rings is 1. The highest BCUT2D eigenvalue weighted by Crippen LogP contribution is 2.33. The fourth-order valence-electron chi connectivity index (χ4n) is 3.02. The van der Waals surface area contributed by atoms with Crippen LogP contribution in [0, 0.1) is 5.41 Å². The van der Waals surface area contributed by atoms with Crippen molar-refractivity contribution in [2.24, 2.45) is 11.1 Å². The summed E-state index contributed by atoms with van der Waals surface area (Å²) in [5, 5.41) is 0. The Bertz CT molecular complexity index is 655. The fourth-order valence-corrected chi connectivity index (χ4v) is 3.02. The number of nitrogens with two attached hydrogens (primary N) is 1. The van der Waals surface area contributed by atoms with E-state index < -0.39 is 5.91 Å². The van der Waals surface area contributed by atoms with Crippen molar-refractivity contribution in [1.82, 2.24) is 4.90 Å². The minimum absolute atomic E-state index is 0.120. The van der Waals surface area contributed by atoms with E-state index in [9.17, 15) is 14.4 Å². The highest BCUT2D eigenvalue weighted by molar-refractivity contribution is 6.22. The van der Waals surface area contributed by atoms with Gasteiger partial charge in [0.1, 0.15) is 0 Å². The summed E-state index contributed by atoms with van der Waals surface area (Å²) in [4.78, 5) is 37.7. The molecule has 0 spiro atoms. The second kappa shape index (κ2) is 8.10. The Morgan fingerprint density at radius 3 is 2.28 bits per heavy atom. The molecule has 1 amide bonds. The van der Waals surface area contributed by atoms with Crippen molar-refractivity contribution in [1.29, 1.82) is 0 Å². The second-order valence-electron chi connectivity index (χ2n) is 7.39. The number of ketones is 2. The average molecular weight is 342 g/mol. The molecular formula is C20H26N2O3. The van der Waals surface area contributed by atoms with Crippen molar-refractivity contribution in [3.8, 4) is 0 Å². The van der Waals surface area contributed by atoms with E-state index in [-0.39, 0.29) is 29.0 Å². The summed E-state index contributed by atoms with van der Waals surface area (Å²) in [7, 11) is 0. The van der Waals surface area contributed by atoms with Crippen molar-refractivity contribution in [3.63, 3.8) is 0 Å². The van der Waals surface area contributed by atoms with Crippen LogP contribution >= 0.6 is 0 Å². The van der Waals surface area contributed by atoms with Gasteiger partial charge < -0.3 is 10.6 Å². The number of Topliss-reactive ketones (excluding diaryl/α,β-unsaturated/α-hetero) is 2. The molecule has 0 bridgehead atoms. The van der Waals surface area contributed by atoms with E-state index in [1.54, 1.807) is 6.20 Å². The number of primary amides is 1. The molecule has 2 N–H and O–H groups in total. The van der Waals surface area contributed by atoms with Gasteiger partial charge in [-0.1, -0.05) is 44.2 Å². The van der Waals surface area contributed by atoms with Crippen LogP contribution in [0.1, 0.15) is 38.7 Å². The lowest BCUT2D eigenvalue weighted by Gasteiger charge is -2.30. The molecule has 0 radical (unpaired) electrons. The first-order valence-corrected chi connectivity index (χ1v) is 8.61. The van der Waals surface area contributed by atoms with Crippen LogP contribution in [0.2, 0.25) is 0 Å². The Labute approximate surface area is 148 Å². The second-order valence-corrected chi connectivity index (χ2v) is 7.39. The Morgan fingerprint density at radius 2 is 1.72 bits per heavy atom. The number of hydrogen-bond donors (Lipinski definition) is 1. The SMILES string of the molecule is CC1(C)CC(=O)C(=CN(CCC(N)=O)CCc2ccccc2)C(=O)C1. The predicted molar refractivity (Wildman–Crippen MR) is 96.6 cm³/mol. The maximum atomic E-state index is 12.4. The molecule has 5 heteroatoms. The van der Waals surface area contributed by atoms with Crippen LogP contribution in [0.5, 0.6) is 0 Å². The van der Waals surface area contributed by atoms with Crippen LogP contribution in [-0.4, -0.2) is 35.5 Å². The molecule has 134 valence electrons. The molecule has 1 fully saturated rings. The van der Waals surface area contributed by atoms with Crippen molar-refractivity contribution >= 4 is 17.5 Å². The summed E-state index contributed by atoms with van der Waals surface area (Å²) in [6, 6.07) is 9.95. The van der Waals surface area contributed by atoms with Gasteiger partial charge in [-0.25, -0.2) is 0 Å². The first-order valence-electron chi connectivity index (χ1n) is 8.61. The van der Waals surface area contributed by atoms with E-state index >= 15 is 0 Å². The number of allylic oxidation sites excluding steroid dienone is 1. The quantitative estimate of drug-likeness (QED) is 0.609. The molecule has 0 atom stereocenters. The minimum Gasteiger partial charge on any atom is -0.376 e. The van der Waals surface area contributed by atoms with E-state index in [2.05, 4.69) is 0 Å². The number of carbonyl (C=O) groups is 3.